The van der Waals surface area contributed by atoms with Crippen LogP contribution in [-0.2, 0) is 17.6 Å². The Bertz CT molecular complexity index is 622. The van der Waals surface area contributed by atoms with Gasteiger partial charge in [-0.15, -0.1) is 0 Å². The third-order valence-corrected chi connectivity index (χ3v) is 3.92. The van der Waals surface area contributed by atoms with Crippen molar-refractivity contribution in [3.05, 3.63) is 59.4 Å². The predicted octanol–water partition coefficient (Wildman–Crippen LogP) is 2.93. The van der Waals surface area contributed by atoms with Crippen LogP contribution in [0.15, 0.2) is 42.7 Å². The largest absolute Gasteiger partial charge is 0.497 e. The smallest absolute Gasteiger partial charge is 0.141 e. The number of Topliss-reactive ketones (excluding diaryl/α,β-unsaturated/α-hetero) is 1. The van der Waals surface area contributed by atoms with Gasteiger partial charge in [0.15, 0.2) is 0 Å². The third-order valence-electron chi connectivity index (χ3n) is 3.92. The summed E-state index contributed by atoms with van der Waals surface area (Å²) in [6.45, 7) is 0. The molecule has 0 radical (unpaired) electrons. The molecule has 0 N–H and O–H groups in total. The summed E-state index contributed by atoms with van der Waals surface area (Å²) >= 11 is 0. The Morgan fingerprint density at radius 1 is 1.30 bits per heavy atom. The number of fused-ring (bicyclic) bond motifs is 1. The fourth-order valence-electron chi connectivity index (χ4n) is 2.85. The van der Waals surface area contributed by atoms with E-state index < -0.39 is 0 Å². The van der Waals surface area contributed by atoms with E-state index in [1.807, 2.05) is 30.5 Å². The Balaban J connectivity index is 1.93. The van der Waals surface area contributed by atoms with Gasteiger partial charge in [0.05, 0.1) is 7.11 Å². The first-order chi connectivity index (χ1) is 9.78. The van der Waals surface area contributed by atoms with Gasteiger partial charge in [0.1, 0.15) is 11.5 Å². The first-order valence-corrected chi connectivity index (χ1v) is 6.86. The minimum Gasteiger partial charge on any atom is -0.497 e. The number of pyridine rings is 1. The highest BCUT2D eigenvalue weighted by atomic mass is 16.5. The lowest BCUT2D eigenvalue weighted by atomic mass is 9.79. The van der Waals surface area contributed by atoms with Crippen molar-refractivity contribution in [3.63, 3.8) is 0 Å². The SMILES string of the molecule is COc1ccc2c(c1)CCC(=O)[C@@H]2Cc1cccnc1. The molecule has 102 valence electrons. The summed E-state index contributed by atoms with van der Waals surface area (Å²) in [6, 6.07) is 9.97. The van der Waals surface area contributed by atoms with Crippen LogP contribution in [0.1, 0.15) is 29.0 Å². The number of hydrogen-bond donors (Lipinski definition) is 0. The van der Waals surface area contributed by atoms with Gasteiger partial charge in [-0.2, -0.15) is 0 Å². The highest BCUT2D eigenvalue weighted by Gasteiger charge is 2.27. The average molecular weight is 267 g/mol. The minimum atomic E-state index is -0.0474. The van der Waals surface area contributed by atoms with E-state index in [0.717, 1.165) is 29.7 Å². The zero-order chi connectivity index (χ0) is 13.9. The molecule has 3 heteroatoms. The number of ether oxygens (including phenoxy) is 1. The lowest BCUT2D eigenvalue weighted by Crippen LogP contribution is -2.22. The van der Waals surface area contributed by atoms with Gasteiger partial charge in [-0.25, -0.2) is 0 Å². The fourth-order valence-corrected chi connectivity index (χ4v) is 2.85. The molecule has 1 aliphatic carbocycles. The number of ketones is 1. The molecule has 1 aromatic heterocycles. The van der Waals surface area contributed by atoms with Gasteiger partial charge in [-0.1, -0.05) is 12.1 Å². The van der Waals surface area contributed by atoms with E-state index in [1.165, 1.54) is 5.56 Å². The van der Waals surface area contributed by atoms with Crippen molar-refractivity contribution in [2.45, 2.75) is 25.2 Å². The summed E-state index contributed by atoms with van der Waals surface area (Å²) in [5.74, 6) is 1.14. The minimum absolute atomic E-state index is 0.0474. The topological polar surface area (TPSA) is 39.2 Å². The Morgan fingerprint density at radius 3 is 2.95 bits per heavy atom. The summed E-state index contributed by atoms with van der Waals surface area (Å²) in [6.07, 6.45) is 5.75. The second kappa shape index (κ2) is 5.45. The van der Waals surface area contributed by atoms with E-state index in [1.54, 1.807) is 13.3 Å². The van der Waals surface area contributed by atoms with Gasteiger partial charge in [-0.05, 0) is 47.7 Å². The Hall–Kier alpha value is -2.16. The highest BCUT2D eigenvalue weighted by molar-refractivity contribution is 5.88. The second-order valence-electron chi connectivity index (χ2n) is 5.15. The van der Waals surface area contributed by atoms with Crippen molar-refractivity contribution in [2.75, 3.05) is 7.11 Å². The molecule has 1 aliphatic rings. The number of nitrogens with zero attached hydrogens (tertiary/aromatic N) is 1. The molecule has 0 unspecified atom stereocenters. The molecule has 0 saturated heterocycles. The molecular formula is C17H17NO2. The molecule has 1 heterocycles. The molecule has 0 amide bonds. The maximum absolute atomic E-state index is 12.3. The molecule has 0 spiro atoms. The molecule has 3 nitrogen and oxygen atoms in total. The monoisotopic (exact) mass is 267 g/mol. The predicted molar refractivity (Wildman–Crippen MR) is 77.0 cm³/mol. The van der Waals surface area contributed by atoms with Gasteiger partial charge in [0.2, 0.25) is 0 Å². The first kappa shape index (κ1) is 12.9. The van der Waals surface area contributed by atoms with Crippen LogP contribution in [0.5, 0.6) is 5.75 Å². The molecule has 0 bridgehead atoms. The van der Waals surface area contributed by atoms with Gasteiger partial charge >= 0.3 is 0 Å². The van der Waals surface area contributed by atoms with Crippen LogP contribution in [0.25, 0.3) is 0 Å². The number of rotatable bonds is 3. The molecule has 0 fully saturated rings. The summed E-state index contributed by atoms with van der Waals surface area (Å²) in [5, 5.41) is 0. The Kier molecular flexibility index (Phi) is 3.50. The van der Waals surface area contributed by atoms with Gasteiger partial charge < -0.3 is 4.74 Å². The second-order valence-corrected chi connectivity index (χ2v) is 5.15. The normalized spacial score (nSPS) is 17.6. The fraction of sp³-hybridized carbons (Fsp3) is 0.294. The van der Waals surface area contributed by atoms with Crippen LogP contribution in [-0.4, -0.2) is 17.9 Å². The number of carbonyl (C=O) groups is 1. The van der Waals surface area contributed by atoms with E-state index in [0.29, 0.717) is 12.2 Å². The Labute approximate surface area is 118 Å². The van der Waals surface area contributed by atoms with Crippen molar-refractivity contribution >= 4 is 5.78 Å². The molecule has 0 saturated carbocycles. The van der Waals surface area contributed by atoms with Gasteiger partial charge in [-0.3, -0.25) is 9.78 Å². The number of benzene rings is 1. The molecule has 1 atom stereocenters. The number of carbonyl (C=O) groups excluding carboxylic acids is 1. The molecule has 1 aromatic carbocycles. The Morgan fingerprint density at radius 2 is 2.20 bits per heavy atom. The van der Waals surface area contributed by atoms with E-state index in [4.69, 9.17) is 4.74 Å². The molecule has 2 aromatic rings. The van der Waals surface area contributed by atoms with Crippen LogP contribution < -0.4 is 4.74 Å². The first-order valence-electron chi connectivity index (χ1n) is 6.86. The van der Waals surface area contributed by atoms with Gasteiger partial charge in [0, 0.05) is 24.7 Å². The van der Waals surface area contributed by atoms with Crippen LogP contribution in [0, 0.1) is 0 Å². The maximum atomic E-state index is 12.3. The summed E-state index contributed by atoms with van der Waals surface area (Å²) in [7, 11) is 1.67. The lowest BCUT2D eigenvalue weighted by molar-refractivity contribution is -0.120. The van der Waals surface area contributed by atoms with Crippen molar-refractivity contribution in [2.24, 2.45) is 0 Å². The molecule has 3 rings (SSSR count). The summed E-state index contributed by atoms with van der Waals surface area (Å²) < 4.78 is 5.27. The van der Waals surface area contributed by atoms with Crippen LogP contribution >= 0.6 is 0 Å². The van der Waals surface area contributed by atoms with E-state index in [2.05, 4.69) is 11.1 Å². The van der Waals surface area contributed by atoms with Crippen LogP contribution in [0.4, 0.5) is 0 Å². The van der Waals surface area contributed by atoms with Crippen molar-refractivity contribution in [1.29, 1.82) is 0 Å². The zero-order valence-corrected chi connectivity index (χ0v) is 11.5. The van der Waals surface area contributed by atoms with E-state index in [-0.39, 0.29) is 5.92 Å². The van der Waals surface area contributed by atoms with Crippen LogP contribution in [0.3, 0.4) is 0 Å². The lowest BCUT2D eigenvalue weighted by Gasteiger charge is -2.25. The third kappa shape index (κ3) is 2.44. The molecule has 0 aliphatic heterocycles. The number of methoxy groups -OCH3 is 1. The number of aromatic nitrogens is 1. The van der Waals surface area contributed by atoms with Crippen molar-refractivity contribution in [3.8, 4) is 5.75 Å². The van der Waals surface area contributed by atoms with E-state index >= 15 is 0 Å². The summed E-state index contributed by atoms with van der Waals surface area (Å²) in [5.41, 5.74) is 3.48. The van der Waals surface area contributed by atoms with Crippen molar-refractivity contribution < 1.29 is 9.53 Å². The summed E-state index contributed by atoms with van der Waals surface area (Å²) in [4.78, 5) is 16.4. The van der Waals surface area contributed by atoms with Crippen LogP contribution in [0.2, 0.25) is 0 Å². The van der Waals surface area contributed by atoms with Gasteiger partial charge in [0.25, 0.3) is 0 Å². The average Bonchev–Trinajstić information content (AvgIpc) is 2.50. The number of aryl methyl sites for hydroxylation is 1. The standard InChI is InChI=1S/C17H17NO2/c1-20-14-5-6-15-13(10-14)4-7-17(19)16(15)9-12-3-2-8-18-11-12/h2-3,5-6,8,10-11,16H,4,7,9H2,1H3/t16-/m1/s1. The maximum Gasteiger partial charge on any atom is 0.141 e. The molecular weight excluding hydrogens is 250 g/mol. The van der Waals surface area contributed by atoms with Crippen molar-refractivity contribution in [1.82, 2.24) is 4.98 Å². The highest BCUT2D eigenvalue weighted by Crippen LogP contribution is 2.33. The van der Waals surface area contributed by atoms with E-state index in [9.17, 15) is 4.79 Å². The quantitative estimate of drug-likeness (QED) is 0.858. The zero-order valence-electron chi connectivity index (χ0n) is 11.5. The molecule has 20 heavy (non-hydrogen) atoms. The number of hydrogen-bond acceptors (Lipinski definition) is 3.